The van der Waals surface area contributed by atoms with Gasteiger partial charge in [0, 0.05) is 36.9 Å². The van der Waals surface area contributed by atoms with Crippen molar-refractivity contribution in [2.45, 2.75) is 25.4 Å². The summed E-state index contributed by atoms with van der Waals surface area (Å²) in [6.45, 7) is 2.49. The van der Waals surface area contributed by atoms with Crippen molar-refractivity contribution in [3.63, 3.8) is 0 Å². The molecule has 0 unspecified atom stereocenters. The number of nitrogens with zero attached hydrogens (tertiary/aromatic N) is 1. The lowest BCUT2D eigenvalue weighted by atomic mass is 10.1. The van der Waals surface area contributed by atoms with Gasteiger partial charge in [0.05, 0.1) is 6.54 Å². The highest BCUT2D eigenvalue weighted by molar-refractivity contribution is 5.37. The molecule has 1 aliphatic rings. The molecule has 0 spiro atoms. The summed E-state index contributed by atoms with van der Waals surface area (Å²) >= 11 is 0. The summed E-state index contributed by atoms with van der Waals surface area (Å²) in [7, 11) is 2.04. The number of ether oxygens (including phenoxy) is 1. The molecule has 20 heavy (non-hydrogen) atoms. The number of halogens is 1. The Morgan fingerprint density at radius 1 is 1.40 bits per heavy atom. The fourth-order valence-corrected chi connectivity index (χ4v) is 2.43. The Hall–Kier alpha value is -1.41. The van der Waals surface area contributed by atoms with Crippen LogP contribution in [0.25, 0.3) is 0 Å². The average Bonchev–Trinajstić information content (AvgIpc) is 2.48. The molecule has 2 rings (SSSR count). The van der Waals surface area contributed by atoms with Gasteiger partial charge in [-0.1, -0.05) is 17.9 Å². The number of hydrogen-bond donors (Lipinski definition) is 1. The number of rotatable bonds is 3. The van der Waals surface area contributed by atoms with Gasteiger partial charge in [-0.3, -0.25) is 4.90 Å². The van der Waals surface area contributed by atoms with Crippen LogP contribution in [-0.4, -0.2) is 37.7 Å². The molecule has 0 radical (unpaired) electrons. The van der Waals surface area contributed by atoms with E-state index in [0.717, 1.165) is 26.1 Å². The van der Waals surface area contributed by atoms with Gasteiger partial charge in [-0.05, 0) is 32.0 Å². The number of benzene rings is 1. The van der Waals surface area contributed by atoms with E-state index in [-0.39, 0.29) is 12.4 Å². The third-order valence-electron chi connectivity index (χ3n) is 3.62. The second-order valence-electron chi connectivity index (χ2n) is 5.07. The maximum absolute atomic E-state index is 14.1. The predicted molar refractivity (Wildman–Crippen MR) is 77.6 cm³/mol. The van der Waals surface area contributed by atoms with Crippen molar-refractivity contribution < 1.29 is 9.13 Å². The Labute approximate surface area is 119 Å². The Kier molecular flexibility index (Phi) is 5.54. The molecule has 108 valence electrons. The van der Waals surface area contributed by atoms with Gasteiger partial charge >= 0.3 is 0 Å². The summed E-state index contributed by atoms with van der Waals surface area (Å²) < 4.78 is 19.4. The van der Waals surface area contributed by atoms with Crippen LogP contribution in [0.5, 0.6) is 0 Å². The zero-order valence-electron chi connectivity index (χ0n) is 11.9. The standard InChI is InChI=1S/C16H21FN2O/c1-19(15-6-9-20-10-7-15)12-14-5-4-13(3-2-8-18)11-16(14)17/h4-5,11,15H,6-10,12,18H2,1H3. The van der Waals surface area contributed by atoms with Gasteiger partial charge in [0.1, 0.15) is 5.82 Å². The lowest BCUT2D eigenvalue weighted by molar-refractivity contribution is 0.0404. The van der Waals surface area contributed by atoms with Crippen molar-refractivity contribution in [2.75, 3.05) is 26.8 Å². The third-order valence-corrected chi connectivity index (χ3v) is 3.62. The Morgan fingerprint density at radius 3 is 2.80 bits per heavy atom. The van der Waals surface area contributed by atoms with E-state index in [4.69, 9.17) is 10.5 Å². The SMILES string of the molecule is CN(Cc1ccc(C#CCN)cc1F)C1CCOCC1. The first-order chi connectivity index (χ1) is 9.70. The molecule has 0 aliphatic carbocycles. The van der Waals surface area contributed by atoms with E-state index >= 15 is 0 Å². The van der Waals surface area contributed by atoms with Crippen molar-refractivity contribution in [1.82, 2.24) is 4.90 Å². The summed E-state index contributed by atoms with van der Waals surface area (Å²) in [5.41, 5.74) is 6.69. The van der Waals surface area contributed by atoms with Gasteiger partial charge in [-0.15, -0.1) is 0 Å². The van der Waals surface area contributed by atoms with Crippen LogP contribution in [0, 0.1) is 17.7 Å². The highest BCUT2D eigenvalue weighted by Gasteiger charge is 2.19. The molecule has 3 nitrogen and oxygen atoms in total. The predicted octanol–water partition coefficient (Wildman–Crippen LogP) is 1.75. The fourth-order valence-electron chi connectivity index (χ4n) is 2.43. The van der Waals surface area contributed by atoms with Gasteiger partial charge in [0.25, 0.3) is 0 Å². The molecule has 0 bridgehead atoms. The minimum absolute atomic E-state index is 0.201. The van der Waals surface area contributed by atoms with Gasteiger partial charge in [0.2, 0.25) is 0 Å². The van der Waals surface area contributed by atoms with E-state index in [0.29, 0.717) is 23.7 Å². The lowest BCUT2D eigenvalue weighted by Gasteiger charge is -2.31. The Bertz CT molecular complexity index is 501. The van der Waals surface area contributed by atoms with Gasteiger partial charge < -0.3 is 10.5 Å². The summed E-state index contributed by atoms with van der Waals surface area (Å²) in [5.74, 6) is 5.37. The van der Waals surface area contributed by atoms with Crippen molar-refractivity contribution in [3.8, 4) is 11.8 Å². The monoisotopic (exact) mass is 276 g/mol. The maximum Gasteiger partial charge on any atom is 0.128 e. The van der Waals surface area contributed by atoms with Gasteiger partial charge in [0.15, 0.2) is 0 Å². The molecule has 4 heteroatoms. The summed E-state index contributed by atoms with van der Waals surface area (Å²) in [5, 5.41) is 0. The first-order valence-electron chi connectivity index (χ1n) is 6.96. The molecule has 1 aromatic carbocycles. The molecule has 0 saturated carbocycles. The molecule has 1 fully saturated rings. The summed E-state index contributed by atoms with van der Waals surface area (Å²) in [4.78, 5) is 2.20. The summed E-state index contributed by atoms with van der Waals surface area (Å²) in [6.07, 6.45) is 2.02. The molecule has 1 heterocycles. The smallest absolute Gasteiger partial charge is 0.128 e. The highest BCUT2D eigenvalue weighted by Crippen LogP contribution is 2.18. The minimum atomic E-state index is -0.201. The first kappa shape index (κ1) is 15.0. The zero-order chi connectivity index (χ0) is 14.4. The number of hydrogen-bond acceptors (Lipinski definition) is 3. The molecule has 1 aromatic rings. The van der Waals surface area contributed by atoms with E-state index < -0.39 is 0 Å². The van der Waals surface area contributed by atoms with Crippen LogP contribution in [0.2, 0.25) is 0 Å². The zero-order valence-corrected chi connectivity index (χ0v) is 11.9. The van der Waals surface area contributed by atoms with Crippen LogP contribution in [0.1, 0.15) is 24.0 Å². The molecule has 1 aliphatic heterocycles. The fraction of sp³-hybridized carbons (Fsp3) is 0.500. The maximum atomic E-state index is 14.1. The Balaban J connectivity index is 2.01. The minimum Gasteiger partial charge on any atom is -0.381 e. The first-order valence-corrected chi connectivity index (χ1v) is 6.96. The van der Waals surface area contributed by atoms with E-state index in [2.05, 4.69) is 16.7 Å². The quantitative estimate of drug-likeness (QED) is 0.855. The van der Waals surface area contributed by atoms with Gasteiger partial charge in [-0.2, -0.15) is 0 Å². The Morgan fingerprint density at radius 2 is 2.15 bits per heavy atom. The molecule has 0 amide bonds. The van der Waals surface area contributed by atoms with E-state index in [9.17, 15) is 4.39 Å². The summed E-state index contributed by atoms with van der Waals surface area (Å²) in [6, 6.07) is 5.61. The molecular formula is C16H21FN2O. The topological polar surface area (TPSA) is 38.5 Å². The van der Waals surface area contributed by atoms with Crippen LogP contribution in [0.3, 0.4) is 0 Å². The number of nitrogens with two attached hydrogens (primary N) is 1. The molecule has 0 atom stereocenters. The van der Waals surface area contributed by atoms with Gasteiger partial charge in [-0.25, -0.2) is 4.39 Å². The van der Waals surface area contributed by atoms with E-state index in [1.54, 1.807) is 0 Å². The molecule has 0 aromatic heterocycles. The van der Waals surface area contributed by atoms with Crippen molar-refractivity contribution in [1.29, 1.82) is 0 Å². The van der Waals surface area contributed by atoms with Crippen molar-refractivity contribution in [3.05, 3.63) is 35.1 Å². The van der Waals surface area contributed by atoms with Crippen LogP contribution >= 0.6 is 0 Å². The van der Waals surface area contributed by atoms with Crippen LogP contribution in [0.15, 0.2) is 18.2 Å². The third kappa shape index (κ3) is 4.04. The molecular weight excluding hydrogens is 255 g/mol. The van der Waals surface area contributed by atoms with Crippen LogP contribution < -0.4 is 5.73 Å². The van der Waals surface area contributed by atoms with E-state index in [1.165, 1.54) is 6.07 Å². The van der Waals surface area contributed by atoms with E-state index in [1.807, 2.05) is 19.2 Å². The van der Waals surface area contributed by atoms with Crippen molar-refractivity contribution in [2.24, 2.45) is 5.73 Å². The van der Waals surface area contributed by atoms with Crippen molar-refractivity contribution >= 4 is 0 Å². The average molecular weight is 276 g/mol. The van der Waals surface area contributed by atoms with Crippen LogP contribution in [-0.2, 0) is 11.3 Å². The molecule has 2 N–H and O–H groups in total. The normalized spacial score (nSPS) is 16.0. The largest absolute Gasteiger partial charge is 0.381 e. The lowest BCUT2D eigenvalue weighted by Crippen LogP contribution is -2.36. The highest BCUT2D eigenvalue weighted by atomic mass is 19.1. The second kappa shape index (κ2) is 7.39. The van der Waals surface area contributed by atoms with Crippen LogP contribution in [0.4, 0.5) is 4.39 Å². The molecule has 1 saturated heterocycles. The second-order valence-corrected chi connectivity index (χ2v) is 5.07.